The molecule has 0 saturated carbocycles. The highest BCUT2D eigenvalue weighted by molar-refractivity contribution is 6.22. The number of carbonyl (C=O) groups is 3. The maximum atomic E-state index is 13.7. The Bertz CT molecular complexity index is 1620. The molecule has 0 fully saturated rings. The first-order valence-electron chi connectivity index (χ1n) is 12.1. The topological polar surface area (TPSA) is 103 Å². The Labute approximate surface area is 218 Å². The van der Waals surface area contributed by atoms with Crippen molar-refractivity contribution in [3.63, 3.8) is 0 Å². The number of carbonyl (C=O) groups excluding carboxylic acids is 3. The average Bonchev–Trinajstić information content (AvgIpc) is 3.16. The van der Waals surface area contributed by atoms with Gasteiger partial charge in [0.25, 0.3) is 11.8 Å². The van der Waals surface area contributed by atoms with Crippen molar-refractivity contribution in [1.82, 2.24) is 4.90 Å². The summed E-state index contributed by atoms with van der Waals surface area (Å²) in [7, 11) is 1.53. The van der Waals surface area contributed by atoms with Crippen molar-refractivity contribution < 1.29 is 28.3 Å². The Morgan fingerprint density at radius 3 is 2.11 bits per heavy atom. The lowest BCUT2D eigenvalue weighted by Crippen LogP contribution is -2.49. The summed E-state index contributed by atoms with van der Waals surface area (Å²) in [4.78, 5) is 54.5. The Kier molecular flexibility index (Phi) is 6.32. The number of nitrogens with zero attached hydrogens (tertiary/aromatic N) is 1. The third kappa shape index (κ3) is 4.14. The fourth-order valence-electron chi connectivity index (χ4n) is 4.61. The fraction of sp³-hybridized carbons (Fsp3) is 0.200. The number of ether oxygens (including phenoxy) is 2. The number of aryl methyl sites for hydroxylation is 1. The summed E-state index contributed by atoms with van der Waals surface area (Å²) in [5.41, 5.74) is 1.53. The van der Waals surface area contributed by atoms with Crippen molar-refractivity contribution in [3.05, 3.63) is 93.6 Å². The summed E-state index contributed by atoms with van der Waals surface area (Å²) in [5, 5.41) is 0.242. The second-order valence-electron chi connectivity index (χ2n) is 9.45. The van der Waals surface area contributed by atoms with Crippen LogP contribution in [0.5, 0.6) is 11.5 Å². The van der Waals surface area contributed by atoms with Crippen LogP contribution >= 0.6 is 0 Å². The van der Waals surface area contributed by atoms with Gasteiger partial charge < -0.3 is 13.9 Å². The van der Waals surface area contributed by atoms with E-state index in [1.165, 1.54) is 7.11 Å². The molecular formula is C30H25NO7. The Morgan fingerprint density at radius 1 is 0.895 bits per heavy atom. The van der Waals surface area contributed by atoms with Crippen LogP contribution in [0.4, 0.5) is 0 Å². The maximum absolute atomic E-state index is 13.7. The van der Waals surface area contributed by atoms with Gasteiger partial charge >= 0.3 is 5.97 Å². The molecule has 3 aromatic carbocycles. The van der Waals surface area contributed by atoms with Gasteiger partial charge in [0.2, 0.25) is 11.2 Å². The molecule has 38 heavy (non-hydrogen) atoms. The van der Waals surface area contributed by atoms with E-state index in [0.29, 0.717) is 16.9 Å². The first kappa shape index (κ1) is 25.0. The van der Waals surface area contributed by atoms with E-state index in [1.807, 2.05) is 13.0 Å². The molecule has 2 heterocycles. The minimum absolute atomic E-state index is 0.0484. The molecule has 0 radical (unpaired) electrons. The van der Waals surface area contributed by atoms with Crippen molar-refractivity contribution in [2.75, 3.05) is 7.11 Å². The standard InChI is InChI=1S/C30H25NO7/c1-16(2)24(31-28(33)20-7-5-6-8-21(20)29(31)34)30(35)38-27-25(32)22-15-17(3)9-14-23(22)37-26(27)18-10-12-19(36-4)13-11-18/h5-16,24H,1-4H3. The predicted octanol–water partition coefficient (Wildman–Crippen LogP) is 5.00. The van der Waals surface area contributed by atoms with Gasteiger partial charge in [-0.05, 0) is 61.4 Å². The van der Waals surface area contributed by atoms with Crippen molar-refractivity contribution >= 4 is 28.8 Å². The van der Waals surface area contributed by atoms with Crippen molar-refractivity contribution in [1.29, 1.82) is 0 Å². The fourth-order valence-corrected chi connectivity index (χ4v) is 4.61. The number of hydrogen-bond acceptors (Lipinski definition) is 7. The molecule has 0 N–H and O–H groups in total. The van der Waals surface area contributed by atoms with Crippen molar-refractivity contribution in [2.45, 2.75) is 26.8 Å². The highest BCUT2D eigenvalue weighted by Gasteiger charge is 2.45. The second kappa shape index (κ2) is 9.63. The number of fused-ring (bicyclic) bond motifs is 2. The van der Waals surface area contributed by atoms with Crippen molar-refractivity contribution in [3.8, 4) is 22.8 Å². The zero-order chi connectivity index (χ0) is 27.1. The monoisotopic (exact) mass is 511 g/mol. The van der Waals surface area contributed by atoms with Crippen LogP contribution in [0.25, 0.3) is 22.3 Å². The predicted molar refractivity (Wildman–Crippen MR) is 140 cm³/mol. The minimum atomic E-state index is -1.27. The van der Waals surface area contributed by atoms with Gasteiger partial charge in [-0.2, -0.15) is 0 Å². The van der Waals surface area contributed by atoms with Gasteiger partial charge in [-0.15, -0.1) is 0 Å². The molecular weight excluding hydrogens is 486 g/mol. The lowest BCUT2D eigenvalue weighted by atomic mass is 10.0. The molecule has 1 aliphatic heterocycles. The van der Waals surface area contributed by atoms with Crippen molar-refractivity contribution in [2.24, 2.45) is 5.92 Å². The van der Waals surface area contributed by atoms with Gasteiger partial charge in [0.15, 0.2) is 5.76 Å². The van der Waals surface area contributed by atoms with E-state index in [4.69, 9.17) is 13.9 Å². The average molecular weight is 512 g/mol. The van der Waals surface area contributed by atoms with Crippen LogP contribution in [0.15, 0.2) is 75.9 Å². The SMILES string of the molecule is COc1ccc(-c2oc3ccc(C)cc3c(=O)c2OC(=O)C(C(C)C)N2C(=O)c3ccccc3C2=O)cc1. The summed E-state index contributed by atoms with van der Waals surface area (Å²) in [6.07, 6.45) is 0. The van der Waals surface area contributed by atoms with Crippen LogP contribution < -0.4 is 14.9 Å². The molecule has 2 amide bonds. The number of rotatable bonds is 6. The van der Waals surface area contributed by atoms with Gasteiger partial charge in [0.05, 0.1) is 23.6 Å². The van der Waals surface area contributed by atoms with Gasteiger partial charge in [-0.25, -0.2) is 4.79 Å². The smallest absolute Gasteiger partial charge is 0.335 e. The minimum Gasteiger partial charge on any atom is -0.497 e. The molecule has 1 aliphatic rings. The van der Waals surface area contributed by atoms with Gasteiger partial charge in [0, 0.05) is 5.56 Å². The number of hydrogen-bond donors (Lipinski definition) is 0. The largest absolute Gasteiger partial charge is 0.497 e. The Morgan fingerprint density at radius 2 is 1.53 bits per heavy atom. The van der Waals surface area contributed by atoms with E-state index in [-0.39, 0.29) is 28.0 Å². The van der Waals surface area contributed by atoms with Crippen LogP contribution in [0.3, 0.4) is 0 Å². The van der Waals surface area contributed by atoms with Crippen LogP contribution in [0.1, 0.15) is 40.1 Å². The summed E-state index contributed by atoms with van der Waals surface area (Å²) in [6.45, 7) is 5.23. The van der Waals surface area contributed by atoms with Gasteiger partial charge in [0.1, 0.15) is 17.4 Å². The molecule has 1 atom stereocenters. The molecule has 0 saturated heterocycles. The van der Waals surface area contributed by atoms with E-state index in [2.05, 4.69) is 0 Å². The molecule has 0 bridgehead atoms. The Balaban J connectivity index is 1.61. The molecule has 5 rings (SSSR count). The number of esters is 1. The summed E-state index contributed by atoms with van der Waals surface area (Å²) in [6, 6.07) is 17.0. The third-order valence-corrected chi connectivity index (χ3v) is 6.54. The molecule has 4 aromatic rings. The Hall–Kier alpha value is -4.72. The quantitative estimate of drug-likeness (QED) is 0.265. The van der Waals surface area contributed by atoms with Crippen LogP contribution in [0.2, 0.25) is 0 Å². The molecule has 0 spiro atoms. The highest BCUT2D eigenvalue weighted by atomic mass is 16.5. The van der Waals surface area contributed by atoms with E-state index in [9.17, 15) is 19.2 Å². The first-order valence-corrected chi connectivity index (χ1v) is 12.1. The first-order chi connectivity index (χ1) is 18.2. The molecule has 8 heteroatoms. The molecule has 1 unspecified atom stereocenters. The van der Waals surface area contributed by atoms with E-state index in [0.717, 1.165) is 10.5 Å². The zero-order valence-electron chi connectivity index (χ0n) is 21.3. The maximum Gasteiger partial charge on any atom is 0.335 e. The second-order valence-corrected chi connectivity index (χ2v) is 9.45. The summed E-state index contributed by atoms with van der Waals surface area (Å²) >= 11 is 0. The van der Waals surface area contributed by atoms with E-state index in [1.54, 1.807) is 74.5 Å². The number of benzene rings is 3. The van der Waals surface area contributed by atoms with Crippen LogP contribution in [-0.2, 0) is 4.79 Å². The summed E-state index contributed by atoms with van der Waals surface area (Å²) in [5.74, 6) is -2.26. The van der Waals surface area contributed by atoms with Gasteiger partial charge in [-0.1, -0.05) is 37.6 Å². The third-order valence-electron chi connectivity index (χ3n) is 6.54. The number of methoxy groups -OCH3 is 1. The number of amides is 2. The lowest BCUT2D eigenvalue weighted by Gasteiger charge is -2.27. The van der Waals surface area contributed by atoms with Crippen LogP contribution in [-0.4, -0.2) is 35.8 Å². The van der Waals surface area contributed by atoms with Crippen LogP contribution in [0, 0.1) is 12.8 Å². The molecule has 1 aromatic heterocycles. The zero-order valence-corrected chi connectivity index (χ0v) is 21.3. The molecule has 8 nitrogen and oxygen atoms in total. The van der Waals surface area contributed by atoms with E-state index < -0.39 is 35.2 Å². The molecule has 192 valence electrons. The number of imide groups is 1. The highest BCUT2D eigenvalue weighted by Crippen LogP contribution is 2.34. The normalized spacial score (nSPS) is 13.7. The lowest BCUT2D eigenvalue weighted by molar-refractivity contribution is -0.140. The van der Waals surface area contributed by atoms with E-state index >= 15 is 0 Å². The molecule has 0 aliphatic carbocycles. The van der Waals surface area contributed by atoms with Gasteiger partial charge in [-0.3, -0.25) is 19.3 Å². The summed E-state index contributed by atoms with van der Waals surface area (Å²) < 4.78 is 17.0.